The Morgan fingerprint density at radius 2 is 2.15 bits per heavy atom. The Morgan fingerprint density at radius 3 is 3.04 bits per heavy atom. The number of aliphatic hydroxyl groups excluding tert-OH is 1. The number of aliphatic hydroxyl groups is 1. The molecule has 1 atom stereocenters. The highest BCUT2D eigenvalue weighted by Gasteiger charge is 2.15. The van der Waals surface area contributed by atoms with Gasteiger partial charge in [-0.05, 0) is 17.5 Å². The van der Waals surface area contributed by atoms with Crippen molar-refractivity contribution in [1.29, 1.82) is 0 Å². The lowest BCUT2D eigenvalue weighted by Crippen LogP contribution is -2.17. The SMILES string of the molecule is O[C@H](COCc1cccs1)CSc1nnc(-c2c[nH]c3ccccc23)o1. The molecule has 6 nitrogen and oxygen atoms in total. The van der Waals surface area contributed by atoms with E-state index in [1.807, 2.05) is 48.0 Å². The smallest absolute Gasteiger partial charge is 0.276 e. The van der Waals surface area contributed by atoms with Gasteiger partial charge in [-0.25, -0.2) is 0 Å². The van der Waals surface area contributed by atoms with Crippen molar-refractivity contribution in [1.82, 2.24) is 15.2 Å². The van der Waals surface area contributed by atoms with Crippen LogP contribution in [0, 0.1) is 0 Å². The predicted octanol–water partition coefficient (Wildman–Crippen LogP) is 3.95. The van der Waals surface area contributed by atoms with Crippen LogP contribution >= 0.6 is 23.1 Å². The van der Waals surface area contributed by atoms with Crippen molar-refractivity contribution in [3.05, 3.63) is 52.9 Å². The van der Waals surface area contributed by atoms with Gasteiger partial charge in [-0.1, -0.05) is 36.0 Å². The van der Waals surface area contributed by atoms with Crippen molar-refractivity contribution in [2.24, 2.45) is 0 Å². The lowest BCUT2D eigenvalue weighted by atomic mass is 10.2. The number of thioether (sulfide) groups is 1. The molecule has 8 heteroatoms. The van der Waals surface area contributed by atoms with Crippen molar-refractivity contribution in [3.8, 4) is 11.5 Å². The summed E-state index contributed by atoms with van der Waals surface area (Å²) in [7, 11) is 0. The van der Waals surface area contributed by atoms with Gasteiger partial charge in [0.2, 0.25) is 0 Å². The van der Waals surface area contributed by atoms with Gasteiger partial charge in [0, 0.05) is 27.7 Å². The van der Waals surface area contributed by atoms with E-state index in [0.29, 0.717) is 23.5 Å². The second kappa shape index (κ2) is 8.05. The summed E-state index contributed by atoms with van der Waals surface area (Å²) in [4.78, 5) is 4.33. The third kappa shape index (κ3) is 3.99. The molecule has 1 aromatic carbocycles. The average Bonchev–Trinajstić information content (AvgIpc) is 3.40. The fourth-order valence-electron chi connectivity index (χ4n) is 2.53. The van der Waals surface area contributed by atoms with Gasteiger partial charge >= 0.3 is 0 Å². The van der Waals surface area contributed by atoms with Crippen LogP contribution < -0.4 is 0 Å². The van der Waals surface area contributed by atoms with E-state index in [9.17, 15) is 5.11 Å². The minimum Gasteiger partial charge on any atom is -0.411 e. The quantitative estimate of drug-likeness (QED) is 0.445. The van der Waals surface area contributed by atoms with E-state index in [1.54, 1.807) is 11.3 Å². The molecule has 0 aliphatic heterocycles. The largest absolute Gasteiger partial charge is 0.411 e. The molecule has 4 aromatic rings. The topological polar surface area (TPSA) is 84.2 Å². The molecule has 0 radical (unpaired) electrons. The monoisotopic (exact) mass is 387 g/mol. The van der Waals surface area contributed by atoms with Crippen LogP contribution in [0.1, 0.15) is 4.88 Å². The molecule has 0 unspecified atom stereocenters. The Bertz CT molecular complexity index is 965. The van der Waals surface area contributed by atoms with Crippen molar-refractivity contribution in [2.45, 2.75) is 17.9 Å². The highest BCUT2D eigenvalue weighted by atomic mass is 32.2. The number of fused-ring (bicyclic) bond motifs is 1. The number of rotatable bonds is 8. The van der Waals surface area contributed by atoms with E-state index in [1.165, 1.54) is 11.8 Å². The molecule has 0 bridgehead atoms. The maximum atomic E-state index is 10.0. The molecule has 4 rings (SSSR count). The Kier molecular flexibility index (Phi) is 5.35. The van der Waals surface area contributed by atoms with E-state index in [-0.39, 0.29) is 6.61 Å². The van der Waals surface area contributed by atoms with E-state index in [4.69, 9.17) is 9.15 Å². The molecule has 0 spiro atoms. The van der Waals surface area contributed by atoms with Crippen molar-refractivity contribution >= 4 is 34.0 Å². The second-order valence-corrected chi connectivity index (χ2v) is 7.68. The van der Waals surface area contributed by atoms with Crippen LogP contribution in [0.15, 0.2) is 57.6 Å². The van der Waals surface area contributed by atoms with E-state index >= 15 is 0 Å². The zero-order valence-electron chi connectivity index (χ0n) is 13.8. The van der Waals surface area contributed by atoms with Crippen LogP contribution in [-0.2, 0) is 11.3 Å². The van der Waals surface area contributed by atoms with E-state index < -0.39 is 6.10 Å². The zero-order valence-corrected chi connectivity index (χ0v) is 15.4. The number of nitrogens with zero attached hydrogens (tertiary/aromatic N) is 2. The van der Waals surface area contributed by atoms with Gasteiger partial charge in [-0.2, -0.15) is 0 Å². The van der Waals surface area contributed by atoms with Crippen LogP contribution in [0.4, 0.5) is 0 Å². The minimum atomic E-state index is -0.594. The summed E-state index contributed by atoms with van der Waals surface area (Å²) < 4.78 is 11.2. The summed E-state index contributed by atoms with van der Waals surface area (Å²) in [5, 5.41) is 21.7. The summed E-state index contributed by atoms with van der Waals surface area (Å²) in [6.45, 7) is 0.791. The maximum Gasteiger partial charge on any atom is 0.276 e. The molecule has 0 aliphatic rings. The Balaban J connectivity index is 1.31. The summed E-state index contributed by atoms with van der Waals surface area (Å²) in [5.74, 6) is 0.897. The Labute approximate surface area is 158 Å². The predicted molar refractivity (Wildman–Crippen MR) is 102 cm³/mol. The van der Waals surface area contributed by atoms with E-state index in [2.05, 4.69) is 15.2 Å². The van der Waals surface area contributed by atoms with Gasteiger partial charge in [0.1, 0.15) is 0 Å². The molecule has 26 heavy (non-hydrogen) atoms. The normalized spacial score (nSPS) is 12.7. The van der Waals surface area contributed by atoms with Crippen LogP contribution in [0.5, 0.6) is 0 Å². The highest BCUT2D eigenvalue weighted by molar-refractivity contribution is 7.99. The van der Waals surface area contributed by atoms with Crippen molar-refractivity contribution in [3.63, 3.8) is 0 Å². The molecular formula is C18H17N3O3S2. The molecule has 0 aliphatic carbocycles. The van der Waals surface area contributed by atoms with Crippen molar-refractivity contribution < 1.29 is 14.3 Å². The fourth-order valence-corrected chi connectivity index (χ4v) is 3.84. The maximum absolute atomic E-state index is 10.0. The zero-order chi connectivity index (χ0) is 17.8. The number of nitrogens with one attached hydrogen (secondary N) is 1. The number of benzene rings is 1. The molecule has 0 saturated carbocycles. The Hall–Kier alpha value is -2.13. The number of hydrogen-bond donors (Lipinski definition) is 2. The Morgan fingerprint density at radius 1 is 1.23 bits per heavy atom. The third-order valence-corrected chi connectivity index (χ3v) is 5.57. The summed E-state index contributed by atoms with van der Waals surface area (Å²) in [5.41, 5.74) is 1.90. The number of aromatic nitrogens is 3. The van der Waals surface area contributed by atoms with Gasteiger partial charge in [0.25, 0.3) is 11.1 Å². The number of hydrogen-bond acceptors (Lipinski definition) is 7. The van der Waals surface area contributed by atoms with Crippen LogP contribution in [-0.4, -0.2) is 38.8 Å². The first-order valence-corrected chi connectivity index (χ1v) is 9.97. The fraction of sp³-hybridized carbons (Fsp3) is 0.222. The number of para-hydroxylation sites is 1. The first kappa shape index (κ1) is 17.3. The van der Waals surface area contributed by atoms with Gasteiger partial charge in [0.05, 0.1) is 24.9 Å². The number of thiophene rings is 1. The van der Waals surface area contributed by atoms with Crippen LogP contribution in [0.2, 0.25) is 0 Å². The lowest BCUT2D eigenvalue weighted by molar-refractivity contribution is 0.0408. The molecule has 0 amide bonds. The molecule has 3 heterocycles. The highest BCUT2D eigenvalue weighted by Crippen LogP contribution is 2.29. The second-order valence-electron chi connectivity index (χ2n) is 5.68. The molecule has 0 saturated heterocycles. The average molecular weight is 387 g/mol. The van der Waals surface area contributed by atoms with Gasteiger partial charge in [0.15, 0.2) is 0 Å². The number of H-pyrrole nitrogens is 1. The minimum absolute atomic E-state index is 0.272. The van der Waals surface area contributed by atoms with Crippen molar-refractivity contribution in [2.75, 3.05) is 12.4 Å². The van der Waals surface area contributed by atoms with E-state index in [0.717, 1.165) is 21.3 Å². The lowest BCUT2D eigenvalue weighted by Gasteiger charge is -2.08. The van der Waals surface area contributed by atoms with Gasteiger partial charge < -0.3 is 19.2 Å². The molecule has 134 valence electrons. The summed E-state index contributed by atoms with van der Waals surface area (Å²) in [6, 6.07) is 11.9. The molecule has 2 N–H and O–H groups in total. The van der Waals surface area contributed by atoms with Crippen LogP contribution in [0.25, 0.3) is 22.4 Å². The first-order valence-electron chi connectivity index (χ1n) is 8.10. The summed E-state index contributed by atoms with van der Waals surface area (Å²) in [6.07, 6.45) is 1.27. The standard InChI is InChI=1S/C18H17N3O3S2/c22-12(9-23-10-13-4-3-7-25-13)11-26-18-21-20-17(24-18)15-8-19-16-6-2-1-5-14(15)16/h1-8,12,19,22H,9-11H2/t12-/m1/s1. The first-order chi connectivity index (χ1) is 12.8. The molecule has 3 aromatic heterocycles. The van der Waals surface area contributed by atoms with Crippen LogP contribution in [0.3, 0.4) is 0 Å². The van der Waals surface area contributed by atoms with Gasteiger partial charge in [-0.15, -0.1) is 21.5 Å². The number of aromatic amines is 1. The molecule has 0 fully saturated rings. The number of ether oxygens (including phenoxy) is 1. The van der Waals surface area contributed by atoms with Gasteiger partial charge in [-0.3, -0.25) is 0 Å². The third-order valence-electron chi connectivity index (χ3n) is 3.76. The summed E-state index contributed by atoms with van der Waals surface area (Å²) >= 11 is 2.96. The molecular weight excluding hydrogens is 370 g/mol.